The molecule has 8 rings (SSSR count). The number of fused-ring (bicyclic) bond motifs is 4. The minimum Gasteiger partial charge on any atom is -0.381 e. The van der Waals surface area contributed by atoms with Crippen molar-refractivity contribution in [2.45, 2.75) is 156 Å². The molecule has 13 nitrogen and oxygen atoms in total. The number of halogens is 1. The van der Waals surface area contributed by atoms with Crippen molar-refractivity contribution in [1.29, 1.82) is 0 Å². The average Bonchev–Trinajstić information content (AvgIpc) is 3.64. The molecule has 1 amide bonds. The lowest BCUT2D eigenvalue weighted by Crippen LogP contribution is -2.75. The van der Waals surface area contributed by atoms with Crippen molar-refractivity contribution in [2.24, 2.45) is 11.8 Å². The summed E-state index contributed by atoms with van der Waals surface area (Å²) in [6.45, 7) is 3.74. The SMILES string of the molecule is O=C(NCCCC1CCOCC1)C1=CN2C3CC4OC5CC([N+](=O)[O-])CCC5NC4CC3OC3C(NCCC4CCCN4)C(F)CC(C1=O)C32. The topological polar surface area (TPSA) is 156 Å². The molecule has 0 radical (unpaired) electrons. The quantitative estimate of drug-likeness (QED) is 0.114. The highest BCUT2D eigenvalue weighted by Crippen LogP contribution is 2.47. The van der Waals surface area contributed by atoms with Crippen LogP contribution in [-0.4, -0.2) is 127 Å². The number of carbonyl (C=O) groups is 2. The van der Waals surface area contributed by atoms with Gasteiger partial charge in [-0.2, -0.15) is 0 Å². The molecule has 278 valence electrons. The molecule has 0 aromatic rings. The van der Waals surface area contributed by atoms with Crippen LogP contribution < -0.4 is 21.3 Å². The van der Waals surface area contributed by atoms with E-state index in [0.29, 0.717) is 57.2 Å². The summed E-state index contributed by atoms with van der Waals surface area (Å²) in [5.41, 5.74) is 0.105. The van der Waals surface area contributed by atoms with Crippen molar-refractivity contribution in [3.8, 4) is 0 Å². The van der Waals surface area contributed by atoms with Gasteiger partial charge in [-0.15, -0.1) is 0 Å². The van der Waals surface area contributed by atoms with Gasteiger partial charge in [0.25, 0.3) is 5.91 Å². The second-order valence-corrected chi connectivity index (χ2v) is 16.2. The van der Waals surface area contributed by atoms with Gasteiger partial charge in [-0.05, 0) is 89.6 Å². The van der Waals surface area contributed by atoms with Crippen LogP contribution in [0.2, 0.25) is 0 Å². The Balaban J connectivity index is 1.01. The maximum absolute atomic E-state index is 16.3. The number of rotatable bonds is 10. The third-order valence-corrected chi connectivity index (χ3v) is 13.3. The van der Waals surface area contributed by atoms with Gasteiger partial charge in [0.2, 0.25) is 6.04 Å². The number of morpholine rings is 2. The Morgan fingerprint density at radius 3 is 2.64 bits per heavy atom. The van der Waals surface area contributed by atoms with Crippen LogP contribution in [0.4, 0.5) is 4.39 Å². The summed E-state index contributed by atoms with van der Waals surface area (Å²) >= 11 is 0. The zero-order valence-corrected chi connectivity index (χ0v) is 29.0. The zero-order chi connectivity index (χ0) is 34.4. The molecule has 13 unspecified atom stereocenters. The summed E-state index contributed by atoms with van der Waals surface area (Å²) in [7, 11) is 0. The van der Waals surface area contributed by atoms with Crippen LogP contribution in [0.5, 0.6) is 0 Å². The fraction of sp³-hybridized carbons (Fsp3) is 0.889. The van der Waals surface area contributed by atoms with Crippen LogP contribution in [0.15, 0.2) is 11.8 Å². The van der Waals surface area contributed by atoms with Crippen LogP contribution in [0.3, 0.4) is 0 Å². The van der Waals surface area contributed by atoms with E-state index in [-0.39, 0.29) is 65.0 Å². The van der Waals surface area contributed by atoms with Crippen LogP contribution >= 0.6 is 0 Å². The van der Waals surface area contributed by atoms with E-state index in [4.69, 9.17) is 14.2 Å². The highest BCUT2D eigenvalue weighted by Gasteiger charge is 2.60. The number of nitrogens with one attached hydrogen (secondary N) is 4. The zero-order valence-electron chi connectivity index (χ0n) is 29.0. The molecule has 0 aromatic carbocycles. The lowest BCUT2D eigenvalue weighted by molar-refractivity contribution is -0.529. The van der Waals surface area contributed by atoms with E-state index < -0.39 is 36.3 Å². The number of alkyl halides is 1. The Kier molecular flexibility index (Phi) is 10.5. The van der Waals surface area contributed by atoms with E-state index in [0.717, 1.165) is 64.7 Å². The van der Waals surface area contributed by atoms with Gasteiger partial charge in [-0.1, -0.05) is 0 Å². The van der Waals surface area contributed by atoms with Gasteiger partial charge in [0, 0.05) is 67.8 Å². The maximum atomic E-state index is 16.3. The molecular weight excluding hydrogens is 647 g/mol. The molecule has 8 aliphatic rings. The Bertz CT molecular complexity index is 1300. The van der Waals surface area contributed by atoms with E-state index in [1.54, 1.807) is 6.20 Å². The first kappa shape index (κ1) is 34.8. The number of nitrogens with zero attached hydrogens (tertiary/aromatic N) is 2. The number of hydrogen-bond donors (Lipinski definition) is 4. The second kappa shape index (κ2) is 15.0. The molecule has 3 saturated carbocycles. The molecule has 5 aliphatic heterocycles. The normalized spacial score (nSPS) is 42.8. The molecule has 5 heterocycles. The monoisotopic (exact) mass is 702 g/mol. The molecule has 50 heavy (non-hydrogen) atoms. The van der Waals surface area contributed by atoms with E-state index in [2.05, 4.69) is 26.2 Å². The first-order valence-corrected chi connectivity index (χ1v) is 19.5. The minimum atomic E-state index is -1.29. The predicted octanol–water partition coefficient (Wildman–Crippen LogP) is 1.76. The second-order valence-electron chi connectivity index (χ2n) is 16.2. The van der Waals surface area contributed by atoms with E-state index in [1.165, 1.54) is 0 Å². The fourth-order valence-corrected chi connectivity index (χ4v) is 10.6. The molecule has 4 saturated heterocycles. The lowest BCUT2D eigenvalue weighted by atomic mass is 9.69. The Morgan fingerprint density at radius 2 is 1.84 bits per heavy atom. The number of ketones is 1. The molecule has 0 spiro atoms. The van der Waals surface area contributed by atoms with Gasteiger partial charge < -0.3 is 40.4 Å². The summed E-state index contributed by atoms with van der Waals surface area (Å²) in [6.07, 6.45) is 9.27. The Morgan fingerprint density at radius 1 is 1.00 bits per heavy atom. The van der Waals surface area contributed by atoms with Crippen molar-refractivity contribution in [3.63, 3.8) is 0 Å². The smallest absolute Gasteiger partial charge is 0.256 e. The standard InChI is InChI=1S/C36H55FN6O7/c37-25-16-23-33-35(32(25)39-12-7-21-4-2-10-38-21)50-31-17-27-30(49-29-15-22(43(46)47)5-6-26(29)41-27)18-28(31)42(33)19-24(34(23)44)36(45)40-11-1-3-20-8-13-48-14-9-20/h19-23,25-33,35,38-39,41H,1-18H2,(H,40,45). The largest absolute Gasteiger partial charge is 0.381 e. The average molecular weight is 703 g/mol. The summed E-state index contributed by atoms with van der Waals surface area (Å²) < 4.78 is 35.3. The van der Waals surface area contributed by atoms with Crippen molar-refractivity contribution in [3.05, 3.63) is 21.9 Å². The molecule has 3 aliphatic carbocycles. The van der Waals surface area contributed by atoms with E-state index in [9.17, 15) is 19.7 Å². The van der Waals surface area contributed by atoms with Crippen molar-refractivity contribution in [1.82, 2.24) is 26.2 Å². The lowest BCUT2D eigenvalue weighted by Gasteiger charge is -2.61. The van der Waals surface area contributed by atoms with Gasteiger partial charge in [0.15, 0.2) is 5.78 Å². The Hall–Kier alpha value is -2.23. The van der Waals surface area contributed by atoms with E-state index >= 15 is 4.39 Å². The van der Waals surface area contributed by atoms with Crippen LogP contribution in [0.25, 0.3) is 0 Å². The number of Topliss-reactive ketones (excluding diaryl/α,β-unsaturated/α-hetero) is 1. The van der Waals surface area contributed by atoms with Gasteiger partial charge in [-0.25, -0.2) is 4.39 Å². The molecule has 4 N–H and O–H groups in total. The summed E-state index contributed by atoms with van der Waals surface area (Å²) in [6, 6.07) is -1.21. The predicted molar refractivity (Wildman–Crippen MR) is 181 cm³/mol. The van der Waals surface area contributed by atoms with Crippen molar-refractivity contribution >= 4 is 11.7 Å². The van der Waals surface area contributed by atoms with E-state index in [1.807, 2.05) is 0 Å². The number of ether oxygens (including phenoxy) is 3. The van der Waals surface area contributed by atoms with Crippen LogP contribution in [0.1, 0.15) is 83.5 Å². The fourth-order valence-electron chi connectivity index (χ4n) is 10.6. The van der Waals surface area contributed by atoms with Crippen LogP contribution in [-0.2, 0) is 23.8 Å². The number of nitro groups is 1. The van der Waals surface area contributed by atoms with Gasteiger partial charge in [0.05, 0.1) is 48.1 Å². The molecular formula is C36H55FN6O7. The highest BCUT2D eigenvalue weighted by atomic mass is 19.1. The van der Waals surface area contributed by atoms with Gasteiger partial charge in [-0.3, -0.25) is 19.7 Å². The van der Waals surface area contributed by atoms with Gasteiger partial charge in [0.1, 0.15) is 6.17 Å². The number of hydrogen-bond acceptors (Lipinski definition) is 11. The number of carbonyl (C=O) groups excluding carboxylic acids is 2. The molecule has 7 fully saturated rings. The van der Waals surface area contributed by atoms with Crippen molar-refractivity contribution < 1.29 is 33.1 Å². The first-order valence-electron chi connectivity index (χ1n) is 19.5. The third kappa shape index (κ3) is 6.96. The molecule has 13 atom stereocenters. The number of amides is 1. The van der Waals surface area contributed by atoms with Crippen molar-refractivity contribution in [2.75, 3.05) is 32.8 Å². The molecule has 14 heteroatoms. The highest BCUT2D eigenvalue weighted by molar-refractivity contribution is 6.20. The van der Waals surface area contributed by atoms with Crippen LogP contribution in [0, 0.1) is 22.0 Å². The summed E-state index contributed by atoms with van der Waals surface area (Å²) in [5.74, 6) is -0.776. The maximum Gasteiger partial charge on any atom is 0.256 e. The summed E-state index contributed by atoms with van der Waals surface area (Å²) in [4.78, 5) is 41.3. The minimum absolute atomic E-state index is 0.00974. The molecule has 0 bridgehead atoms. The Labute approximate surface area is 293 Å². The first-order chi connectivity index (χ1) is 24.3. The summed E-state index contributed by atoms with van der Waals surface area (Å²) in [5, 5.41) is 25.4. The van der Waals surface area contributed by atoms with Gasteiger partial charge >= 0.3 is 0 Å². The molecule has 0 aromatic heterocycles. The third-order valence-electron chi connectivity index (χ3n) is 13.3.